The van der Waals surface area contributed by atoms with Crippen molar-refractivity contribution in [3.8, 4) is 0 Å². The molecule has 1 aromatic heterocycles. The highest BCUT2D eigenvalue weighted by Crippen LogP contribution is 2.28. The van der Waals surface area contributed by atoms with Gasteiger partial charge in [0.05, 0.1) is 18.6 Å². The molecule has 1 saturated heterocycles. The van der Waals surface area contributed by atoms with Crippen molar-refractivity contribution >= 4 is 5.91 Å². The summed E-state index contributed by atoms with van der Waals surface area (Å²) in [6.07, 6.45) is 3.41. The molecule has 1 amide bonds. The van der Waals surface area contributed by atoms with E-state index in [-0.39, 0.29) is 18.0 Å². The molecule has 1 aromatic rings. The molecule has 3 heterocycles. The lowest BCUT2D eigenvalue weighted by Crippen LogP contribution is -2.54. The number of nitrogens with zero attached hydrogens (tertiary/aromatic N) is 2. The van der Waals surface area contributed by atoms with Crippen LogP contribution in [0.2, 0.25) is 0 Å². The summed E-state index contributed by atoms with van der Waals surface area (Å²) in [7, 11) is 0. The van der Waals surface area contributed by atoms with Gasteiger partial charge in [0, 0.05) is 25.3 Å². The van der Waals surface area contributed by atoms with Gasteiger partial charge in [0.15, 0.2) is 5.60 Å². The van der Waals surface area contributed by atoms with E-state index in [2.05, 4.69) is 9.97 Å². The first-order valence-corrected chi connectivity index (χ1v) is 6.85. The van der Waals surface area contributed by atoms with Gasteiger partial charge in [-0.1, -0.05) is 0 Å². The summed E-state index contributed by atoms with van der Waals surface area (Å²) in [5.41, 5.74) is 6.10. The van der Waals surface area contributed by atoms with Gasteiger partial charge in [0.2, 0.25) is 0 Å². The molecule has 108 valence electrons. The summed E-state index contributed by atoms with van der Waals surface area (Å²) in [4.78, 5) is 32.8. The third-order valence-electron chi connectivity index (χ3n) is 4.12. The molecule has 0 bridgehead atoms. The molecule has 0 radical (unpaired) electrons. The van der Waals surface area contributed by atoms with Crippen LogP contribution in [0.25, 0.3) is 0 Å². The molecule has 1 unspecified atom stereocenters. The number of hydrogen-bond acceptors (Lipinski definition) is 5. The zero-order valence-electron chi connectivity index (χ0n) is 11.2. The van der Waals surface area contributed by atoms with Crippen molar-refractivity contribution < 1.29 is 9.53 Å². The third kappa shape index (κ3) is 2.03. The monoisotopic (exact) mass is 278 g/mol. The van der Waals surface area contributed by atoms with Crippen LogP contribution in [0, 0.1) is 0 Å². The average molecular weight is 278 g/mol. The molecule has 0 saturated carbocycles. The van der Waals surface area contributed by atoms with Crippen molar-refractivity contribution in [3.63, 3.8) is 0 Å². The van der Waals surface area contributed by atoms with Crippen LogP contribution in [0.4, 0.5) is 0 Å². The lowest BCUT2D eigenvalue weighted by Gasteiger charge is -2.35. The molecule has 2 aliphatic heterocycles. The maximum absolute atomic E-state index is 12.7. The van der Waals surface area contributed by atoms with Crippen molar-refractivity contribution in [3.05, 3.63) is 27.9 Å². The number of rotatable bonds is 2. The predicted octanol–water partition coefficient (Wildman–Crippen LogP) is -0.837. The number of carbonyl (C=O) groups is 1. The number of H-pyrrole nitrogens is 1. The summed E-state index contributed by atoms with van der Waals surface area (Å²) in [5, 5.41) is 0. The smallest absolute Gasteiger partial charge is 0.256 e. The van der Waals surface area contributed by atoms with E-state index in [1.165, 1.54) is 6.33 Å². The Hall–Kier alpha value is -1.73. The van der Waals surface area contributed by atoms with Crippen LogP contribution >= 0.6 is 0 Å². The minimum absolute atomic E-state index is 0.0785. The van der Waals surface area contributed by atoms with Gasteiger partial charge in [-0.3, -0.25) is 9.59 Å². The normalized spacial score (nSPS) is 25.6. The van der Waals surface area contributed by atoms with Crippen LogP contribution in [-0.2, 0) is 22.5 Å². The molecule has 3 N–H and O–H groups in total. The second kappa shape index (κ2) is 4.99. The number of nitrogens with one attached hydrogen (secondary N) is 1. The molecular formula is C13H18N4O3. The Bertz CT molecular complexity index is 577. The Morgan fingerprint density at radius 3 is 3.15 bits per heavy atom. The van der Waals surface area contributed by atoms with Crippen LogP contribution < -0.4 is 11.3 Å². The third-order valence-corrected chi connectivity index (χ3v) is 4.12. The van der Waals surface area contributed by atoms with E-state index in [1.54, 1.807) is 4.90 Å². The van der Waals surface area contributed by atoms with Crippen LogP contribution in [-0.4, -0.2) is 46.1 Å². The van der Waals surface area contributed by atoms with Crippen LogP contribution in [0.5, 0.6) is 0 Å². The number of fused-ring (bicyclic) bond motifs is 1. The van der Waals surface area contributed by atoms with Crippen LogP contribution in [0.1, 0.15) is 24.1 Å². The van der Waals surface area contributed by atoms with E-state index in [1.807, 2.05) is 0 Å². The number of amides is 1. The first-order chi connectivity index (χ1) is 9.66. The minimum Gasteiger partial charge on any atom is -0.364 e. The minimum atomic E-state index is -0.876. The molecule has 7 heteroatoms. The van der Waals surface area contributed by atoms with Crippen molar-refractivity contribution in [2.45, 2.75) is 31.4 Å². The van der Waals surface area contributed by atoms with E-state index in [4.69, 9.17) is 10.5 Å². The van der Waals surface area contributed by atoms with Gasteiger partial charge in [-0.15, -0.1) is 0 Å². The van der Waals surface area contributed by atoms with Gasteiger partial charge in [-0.25, -0.2) is 4.98 Å². The van der Waals surface area contributed by atoms with Gasteiger partial charge in [0.25, 0.3) is 11.5 Å². The van der Waals surface area contributed by atoms with Crippen molar-refractivity contribution in [2.24, 2.45) is 5.73 Å². The Morgan fingerprint density at radius 2 is 2.45 bits per heavy atom. The number of carbonyl (C=O) groups excluding carboxylic acids is 1. The summed E-state index contributed by atoms with van der Waals surface area (Å²) in [6.45, 7) is 1.62. The lowest BCUT2D eigenvalue weighted by molar-refractivity contribution is -0.153. The first-order valence-electron chi connectivity index (χ1n) is 6.85. The molecule has 20 heavy (non-hydrogen) atoms. The van der Waals surface area contributed by atoms with E-state index in [9.17, 15) is 9.59 Å². The molecule has 2 aliphatic rings. The molecule has 3 rings (SSSR count). The number of aromatic amines is 1. The predicted molar refractivity (Wildman–Crippen MR) is 71.0 cm³/mol. The fourth-order valence-electron chi connectivity index (χ4n) is 2.94. The number of nitrogens with two attached hydrogens (primary N) is 1. The first kappa shape index (κ1) is 13.3. The largest absolute Gasteiger partial charge is 0.364 e. The zero-order valence-corrected chi connectivity index (χ0v) is 11.2. The highest BCUT2D eigenvalue weighted by atomic mass is 16.5. The molecule has 0 spiro atoms. The fourth-order valence-corrected chi connectivity index (χ4v) is 2.94. The number of hydrogen-bond donors (Lipinski definition) is 2. The Morgan fingerprint density at radius 1 is 1.60 bits per heavy atom. The summed E-state index contributed by atoms with van der Waals surface area (Å²) >= 11 is 0. The van der Waals surface area contributed by atoms with Crippen molar-refractivity contribution in [1.82, 2.24) is 14.9 Å². The fraction of sp³-hybridized carbons (Fsp3) is 0.615. The van der Waals surface area contributed by atoms with Gasteiger partial charge >= 0.3 is 0 Å². The van der Waals surface area contributed by atoms with E-state index in [0.717, 1.165) is 6.42 Å². The lowest BCUT2D eigenvalue weighted by atomic mass is 9.96. The van der Waals surface area contributed by atoms with Gasteiger partial charge in [-0.2, -0.15) is 0 Å². The molecule has 1 atom stereocenters. The van der Waals surface area contributed by atoms with Crippen molar-refractivity contribution in [1.29, 1.82) is 0 Å². The molecular weight excluding hydrogens is 260 g/mol. The highest BCUT2D eigenvalue weighted by Gasteiger charge is 2.44. The summed E-state index contributed by atoms with van der Waals surface area (Å²) < 4.78 is 5.61. The molecule has 0 aliphatic carbocycles. The molecule has 7 nitrogen and oxygen atoms in total. The highest BCUT2D eigenvalue weighted by molar-refractivity contribution is 5.86. The van der Waals surface area contributed by atoms with E-state index >= 15 is 0 Å². The second-order valence-electron chi connectivity index (χ2n) is 5.28. The van der Waals surface area contributed by atoms with E-state index < -0.39 is 5.60 Å². The zero-order chi connectivity index (χ0) is 14.2. The van der Waals surface area contributed by atoms with Crippen LogP contribution in [0.15, 0.2) is 11.1 Å². The SMILES string of the molecule is NCC1(C(=O)N2CCc3c(nc[nH]c3=O)C2)CCCO1. The van der Waals surface area contributed by atoms with Crippen LogP contribution in [0.3, 0.4) is 0 Å². The number of ether oxygens (including phenoxy) is 1. The van der Waals surface area contributed by atoms with E-state index in [0.29, 0.717) is 43.8 Å². The Kier molecular flexibility index (Phi) is 3.31. The maximum Gasteiger partial charge on any atom is 0.256 e. The average Bonchev–Trinajstić information content (AvgIpc) is 2.96. The van der Waals surface area contributed by atoms with Gasteiger partial charge in [-0.05, 0) is 19.3 Å². The van der Waals surface area contributed by atoms with Gasteiger partial charge < -0.3 is 20.4 Å². The quantitative estimate of drug-likeness (QED) is 0.734. The maximum atomic E-state index is 12.7. The Labute approximate surface area is 116 Å². The standard InChI is InChI=1S/C13H18N4O3/c14-7-13(3-1-5-20-13)12(19)17-4-2-9-10(6-17)15-8-16-11(9)18/h8H,1-7,14H2,(H,15,16,18). The van der Waals surface area contributed by atoms with Gasteiger partial charge in [0.1, 0.15) is 0 Å². The molecule has 1 fully saturated rings. The Balaban J connectivity index is 1.83. The number of aromatic nitrogens is 2. The topological polar surface area (TPSA) is 101 Å². The van der Waals surface area contributed by atoms with Crippen molar-refractivity contribution in [2.75, 3.05) is 19.7 Å². The molecule has 0 aromatic carbocycles. The summed E-state index contributed by atoms with van der Waals surface area (Å²) in [5.74, 6) is -0.0785. The summed E-state index contributed by atoms with van der Waals surface area (Å²) in [6, 6.07) is 0. The second-order valence-corrected chi connectivity index (χ2v) is 5.28.